The van der Waals surface area contributed by atoms with Crippen molar-refractivity contribution in [3.8, 4) is 5.75 Å². The molecule has 28 heavy (non-hydrogen) atoms. The molecular weight excluding hydrogens is 376 g/mol. The predicted molar refractivity (Wildman–Crippen MR) is 111 cm³/mol. The van der Waals surface area contributed by atoms with Gasteiger partial charge in [-0.2, -0.15) is 5.10 Å². The second-order valence-electron chi connectivity index (χ2n) is 6.81. The largest absolute Gasteiger partial charge is 0.493 e. The van der Waals surface area contributed by atoms with Crippen molar-refractivity contribution in [3.63, 3.8) is 0 Å². The van der Waals surface area contributed by atoms with Gasteiger partial charge in [0, 0.05) is 16.0 Å². The fraction of sp³-hybridized carbons (Fsp3) is 0.364. The van der Waals surface area contributed by atoms with Gasteiger partial charge in [-0.15, -0.1) is 0 Å². The number of methoxy groups -OCH3 is 1. The summed E-state index contributed by atoms with van der Waals surface area (Å²) >= 11 is 6.23. The van der Waals surface area contributed by atoms with Crippen LogP contribution in [0, 0.1) is 5.92 Å². The SMILES string of the molecule is CCC(CC)COc1ccc(Cl)cc1Cn1ncc2cc(C(=O)OC)ccc21. The van der Waals surface area contributed by atoms with Crippen molar-refractivity contribution in [1.82, 2.24) is 9.78 Å². The minimum Gasteiger partial charge on any atom is -0.493 e. The highest BCUT2D eigenvalue weighted by Crippen LogP contribution is 2.26. The van der Waals surface area contributed by atoms with E-state index in [9.17, 15) is 4.79 Å². The van der Waals surface area contributed by atoms with E-state index >= 15 is 0 Å². The van der Waals surface area contributed by atoms with Crippen molar-refractivity contribution < 1.29 is 14.3 Å². The number of fused-ring (bicyclic) bond motifs is 1. The molecule has 0 aliphatic rings. The summed E-state index contributed by atoms with van der Waals surface area (Å²) in [5.74, 6) is 0.999. The predicted octanol–water partition coefficient (Wildman–Crippen LogP) is 5.34. The van der Waals surface area contributed by atoms with Gasteiger partial charge in [0.25, 0.3) is 0 Å². The molecule has 0 radical (unpaired) electrons. The van der Waals surface area contributed by atoms with Crippen molar-refractivity contribution in [2.45, 2.75) is 33.2 Å². The monoisotopic (exact) mass is 400 g/mol. The first-order valence-corrected chi connectivity index (χ1v) is 9.88. The van der Waals surface area contributed by atoms with Crippen LogP contribution in [0.4, 0.5) is 0 Å². The molecule has 0 saturated carbocycles. The molecule has 3 rings (SSSR count). The molecule has 1 heterocycles. The van der Waals surface area contributed by atoms with Gasteiger partial charge < -0.3 is 9.47 Å². The number of hydrogen-bond acceptors (Lipinski definition) is 4. The summed E-state index contributed by atoms with van der Waals surface area (Å²) in [6, 6.07) is 11.1. The topological polar surface area (TPSA) is 53.4 Å². The van der Waals surface area contributed by atoms with E-state index in [1.54, 1.807) is 18.3 Å². The lowest BCUT2D eigenvalue weighted by molar-refractivity contribution is 0.0601. The molecular formula is C22H25ClN2O3. The number of esters is 1. The van der Waals surface area contributed by atoms with Gasteiger partial charge in [0.15, 0.2) is 0 Å². The lowest BCUT2D eigenvalue weighted by Crippen LogP contribution is -2.12. The summed E-state index contributed by atoms with van der Waals surface area (Å²) in [7, 11) is 1.37. The normalized spacial score (nSPS) is 11.2. The Balaban J connectivity index is 1.86. The zero-order valence-electron chi connectivity index (χ0n) is 16.4. The molecule has 148 valence electrons. The Morgan fingerprint density at radius 1 is 1.18 bits per heavy atom. The average Bonchev–Trinajstić information content (AvgIpc) is 3.11. The molecule has 3 aromatic rings. The Bertz CT molecular complexity index is 964. The van der Waals surface area contributed by atoms with E-state index in [1.807, 2.05) is 28.9 Å². The number of aromatic nitrogens is 2. The molecule has 0 spiro atoms. The van der Waals surface area contributed by atoms with Crippen molar-refractivity contribution in [2.24, 2.45) is 5.92 Å². The van der Waals surface area contributed by atoms with Crippen LogP contribution in [-0.4, -0.2) is 29.5 Å². The number of carbonyl (C=O) groups is 1. The maximum atomic E-state index is 11.7. The van der Waals surface area contributed by atoms with E-state index in [2.05, 4.69) is 18.9 Å². The van der Waals surface area contributed by atoms with Crippen LogP contribution in [0.2, 0.25) is 5.02 Å². The van der Waals surface area contributed by atoms with E-state index in [1.165, 1.54) is 7.11 Å². The molecule has 0 N–H and O–H groups in total. The first-order chi connectivity index (χ1) is 13.5. The zero-order chi connectivity index (χ0) is 20.1. The lowest BCUT2D eigenvalue weighted by atomic mass is 10.1. The van der Waals surface area contributed by atoms with Crippen LogP contribution in [-0.2, 0) is 11.3 Å². The summed E-state index contributed by atoms with van der Waals surface area (Å²) < 4.78 is 12.8. The highest BCUT2D eigenvalue weighted by atomic mass is 35.5. The van der Waals surface area contributed by atoms with Crippen molar-refractivity contribution >= 4 is 28.5 Å². The summed E-state index contributed by atoms with van der Waals surface area (Å²) in [6.07, 6.45) is 3.93. The Morgan fingerprint density at radius 2 is 1.96 bits per heavy atom. The van der Waals surface area contributed by atoms with Crippen LogP contribution in [0.3, 0.4) is 0 Å². The number of carbonyl (C=O) groups excluding carboxylic acids is 1. The second kappa shape index (κ2) is 9.11. The van der Waals surface area contributed by atoms with Gasteiger partial charge in [-0.25, -0.2) is 4.79 Å². The minimum atomic E-state index is -0.360. The number of benzene rings is 2. The minimum absolute atomic E-state index is 0.360. The third-order valence-corrected chi connectivity index (χ3v) is 5.27. The van der Waals surface area contributed by atoms with Crippen LogP contribution < -0.4 is 4.74 Å². The van der Waals surface area contributed by atoms with E-state index < -0.39 is 0 Å². The highest BCUT2D eigenvalue weighted by molar-refractivity contribution is 6.30. The summed E-state index contributed by atoms with van der Waals surface area (Å²) in [5.41, 5.74) is 2.41. The van der Waals surface area contributed by atoms with Gasteiger partial charge in [0.2, 0.25) is 0 Å². The first-order valence-electron chi connectivity index (χ1n) is 9.50. The van der Waals surface area contributed by atoms with Gasteiger partial charge in [0.1, 0.15) is 5.75 Å². The fourth-order valence-electron chi connectivity index (χ4n) is 3.16. The van der Waals surface area contributed by atoms with Crippen molar-refractivity contribution in [1.29, 1.82) is 0 Å². The fourth-order valence-corrected chi connectivity index (χ4v) is 3.36. The third-order valence-electron chi connectivity index (χ3n) is 5.03. The van der Waals surface area contributed by atoms with Gasteiger partial charge in [0.05, 0.1) is 37.5 Å². The lowest BCUT2D eigenvalue weighted by Gasteiger charge is -2.17. The molecule has 0 aliphatic carbocycles. The van der Waals surface area contributed by atoms with Gasteiger partial charge in [-0.1, -0.05) is 38.3 Å². The molecule has 6 heteroatoms. The number of halogens is 1. The summed E-state index contributed by atoms with van der Waals surface area (Å²) in [4.78, 5) is 11.7. The molecule has 2 aromatic carbocycles. The van der Waals surface area contributed by atoms with E-state index in [-0.39, 0.29) is 5.97 Å². The van der Waals surface area contributed by atoms with Gasteiger partial charge in [-0.3, -0.25) is 4.68 Å². The Hall–Kier alpha value is -2.53. The molecule has 0 bridgehead atoms. The van der Waals surface area contributed by atoms with Crippen LogP contribution in [0.1, 0.15) is 42.6 Å². The Morgan fingerprint density at radius 3 is 2.68 bits per heavy atom. The molecule has 0 unspecified atom stereocenters. The molecule has 0 saturated heterocycles. The van der Waals surface area contributed by atoms with Crippen LogP contribution in [0.15, 0.2) is 42.6 Å². The highest BCUT2D eigenvalue weighted by Gasteiger charge is 2.13. The maximum absolute atomic E-state index is 11.7. The second-order valence-corrected chi connectivity index (χ2v) is 7.25. The van der Waals surface area contributed by atoms with Gasteiger partial charge in [-0.05, 0) is 42.3 Å². The molecule has 5 nitrogen and oxygen atoms in total. The summed E-state index contributed by atoms with van der Waals surface area (Å²) in [5, 5.41) is 6.02. The smallest absolute Gasteiger partial charge is 0.337 e. The van der Waals surface area contributed by atoms with Crippen molar-refractivity contribution in [2.75, 3.05) is 13.7 Å². The number of rotatable bonds is 8. The summed E-state index contributed by atoms with van der Waals surface area (Å²) in [6.45, 7) is 5.57. The number of nitrogens with zero attached hydrogens (tertiary/aromatic N) is 2. The van der Waals surface area contributed by atoms with E-state index in [4.69, 9.17) is 21.1 Å². The number of ether oxygens (including phenoxy) is 2. The maximum Gasteiger partial charge on any atom is 0.337 e. The first kappa shape index (κ1) is 20.2. The average molecular weight is 401 g/mol. The zero-order valence-corrected chi connectivity index (χ0v) is 17.2. The quantitative estimate of drug-likeness (QED) is 0.479. The Kier molecular flexibility index (Phi) is 6.57. The molecule has 0 amide bonds. The van der Waals surface area contributed by atoms with Crippen LogP contribution in [0.25, 0.3) is 10.9 Å². The standard InChI is InChI=1S/C22H25ClN2O3/c1-4-15(5-2)14-28-21-9-7-19(23)11-18(21)13-25-20-8-6-16(22(26)27-3)10-17(20)12-24-25/h6-12,15H,4-5,13-14H2,1-3H3. The van der Waals surface area contributed by atoms with Crippen molar-refractivity contribution in [3.05, 3.63) is 58.7 Å². The molecule has 0 fully saturated rings. The third kappa shape index (κ3) is 4.47. The van der Waals surface area contributed by atoms with E-state index in [0.717, 1.165) is 35.1 Å². The van der Waals surface area contributed by atoms with E-state index in [0.29, 0.717) is 29.7 Å². The molecule has 0 aliphatic heterocycles. The molecule has 1 aromatic heterocycles. The Labute approximate surface area is 170 Å². The van der Waals surface area contributed by atoms with Crippen LogP contribution in [0.5, 0.6) is 5.75 Å². The van der Waals surface area contributed by atoms with Crippen LogP contribution >= 0.6 is 11.6 Å². The number of hydrogen-bond donors (Lipinski definition) is 0. The molecule has 0 atom stereocenters. The van der Waals surface area contributed by atoms with Gasteiger partial charge >= 0.3 is 5.97 Å².